The van der Waals surface area contributed by atoms with Gasteiger partial charge in [0.15, 0.2) is 17.5 Å². The number of amides is 1. The molecule has 0 saturated carbocycles. The van der Waals surface area contributed by atoms with Gasteiger partial charge < -0.3 is 29.3 Å². The predicted octanol–water partition coefficient (Wildman–Crippen LogP) is 1.74. The third-order valence-corrected chi connectivity index (χ3v) is 5.45. The number of guanidine groups is 1. The van der Waals surface area contributed by atoms with Crippen LogP contribution in [0.5, 0.6) is 11.5 Å². The van der Waals surface area contributed by atoms with Gasteiger partial charge >= 0.3 is 6.61 Å². The number of aliphatic imine (C=N–C) groups is 1. The first-order chi connectivity index (χ1) is 15.0. The van der Waals surface area contributed by atoms with Crippen LogP contribution in [0, 0.1) is 0 Å². The Morgan fingerprint density at radius 2 is 2.00 bits per heavy atom. The highest BCUT2D eigenvalue weighted by molar-refractivity contribution is 5.82. The number of carbonyl (C=O) groups is 1. The first-order valence-electron chi connectivity index (χ1n) is 10.5. The molecule has 2 saturated heterocycles. The average molecular weight is 440 g/mol. The smallest absolute Gasteiger partial charge is 0.387 e. The third kappa shape index (κ3) is 6.19. The summed E-state index contributed by atoms with van der Waals surface area (Å²) in [6, 6.07) is 4.99. The molecule has 1 aromatic rings. The van der Waals surface area contributed by atoms with Gasteiger partial charge in [-0.05, 0) is 37.0 Å². The van der Waals surface area contributed by atoms with E-state index in [1.807, 2.05) is 11.0 Å². The molecule has 1 unspecified atom stereocenters. The van der Waals surface area contributed by atoms with Gasteiger partial charge in [0.05, 0.1) is 7.11 Å². The molecule has 3 rings (SSSR count). The number of rotatable bonds is 7. The fourth-order valence-corrected chi connectivity index (χ4v) is 3.83. The Kier molecular flexibility index (Phi) is 8.27. The maximum absolute atomic E-state index is 12.6. The molecule has 2 fully saturated rings. The number of alkyl halides is 2. The lowest BCUT2D eigenvalue weighted by Crippen LogP contribution is -2.55. The molecule has 172 valence electrons. The van der Waals surface area contributed by atoms with Gasteiger partial charge in [0.25, 0.3) is 5.91 Å². The van der Waals surface area contributed by atoms with Crippen LogP contribution in [0.15, 0.2) is 23.2 Å². The van der Waals surface area contributed by atoms with Crippen molar-refractivity contribution in [3.8, 4) is 11.5 Å². The highest BCUT2D eigenvalue weighted by Gasteiger charge is 2.30. The van der Waals surface area contributed by atoms with Crippen molar-refractivity contribution in [2.24, 2.45) is 4.99 Å². The van der Waals surface area contributed by atoms with E-state index < -0.39 is 6.61 Å². The Bertz CT molecular complexity index is 764. The van der Waals surface area contributed by atoms with Crippen LogP contribution >= 0.6 is 0 Å². The van der Waals surface area contributed by atoms with Gasteiger partial charge in [-0.3, -0.25) is 9.79 Å². The van der Waals surface area contributed by atoms with E-state index in [0.29, 0.717) is 45.8 Å². The quantitative estimate of drug-likeness (QED) is 0.514. The lowest BCUT2D eigenvalue weighted by molar-refractivity contribution is -0.142. The summed E-state index contributed by atoms with van der Waals surface area (Å²) in [5.41, 5.74) is 0.839. The van der Waals surface area contributed by atoms with Crippen molar-refractivity contribution in [3.63, 3.8) is 0 Å². The van der Waals surface area contributed by atoms with Gasteiger partial charge in [0, 0.05) is 46.4 Å². The molecule has 1 N–H and O–H groups in total. The summed E-state index contributed by atoms with van der Waals surface area (Å²) in [4.78, 5) is 20.8. The van der Waals surface area contributed by atoms with Gasteiger partial charge in [-0.15, -0.1) is 0 Å². The summed E-state index contributed by atoms with van der Waals surface area (Å²) < 4.78 is 40.3. The van der Waals surface area contributed by atoms with E-state index in [2.05, 4.69) is 19.9 Å². The Balaban J connectivity index is 1.47. The summed E-state index contributed by atoms with van der Waals surface area (Å²) in [6.45, 7) is 0.962. The highest BCUT2D eigenvalue weighted by atomic mass is 19.3. The molecule has 2 aliphatic rings. The zero-order valence-electron chi connectivity index (χ0n) is 18.0. The summed E-state index contributed by atoms with van der Waals surface area (Å²) in [5.74, 6) is 1.12. The van der Waals surface area contributed by atoms with E-state index in [4.69, 9.17) is 9.47 Å². The number of methoxy groups -OCH3 is 1. The Morgan fingerprint density at radius 1 is 1.26 bits per heavy atom. The van der Waals surface area contributed by atoms with Crippen molar-refractivity contribution in [1.82, 2.24) is 15.1 Å². The van der Waals surface area contributed by atoms with Crippen LogP contribution in [-0.4, -0.2) is 87.9 Å². The number of nitrogens with zero attached hydrogens (tertiary/aromatic N) is 3. The molecule has 10 heteroatoms. The fourth-order valence-electron chi connectivity index (χ4n) is 3.83. The van der Waals surface area contributed by atoms with Crippen molar-refractivity contribution in [3.05, 3.63) is 23.8 Å². The molecular formula is C21H30F2N4O4. The first-order valence-corrected chi connectivity index (χ1v) is 10.5. The molecule has 1 atom stereocenters. The molecule has 0 aliphatic carbocycles. The topological polar surface area (TPSA) is 75.6 Å². The summed E-state index contributed by atoms with van der Waals surface area (Å²) in [7, 11) is 3.13. The molecule has 1 amide bonds. The van der Waals surface area contributed by atoms with Crippen LogP contribution in [0.2, 0.25) is 0 Å². The minimum absolute atomic E-state index is 0.0198. The van der Waals surface area contributed by atoms with Crippen molar-refractivity contribution < 1.29 is 27.8 Å². The fraction of sp³-hybridized carbons (Fsp3) is 0.619. The third-order valence-electron chi connectivity index (χ3n) is 5.45. The van der Waals surface area contributed by atoms with Crippen molar-refractivity contribution in [2.45, 2.75) is 32.0 Å². The van der Waals surface area contributed by atoms with Crippen LogP contribution in [0.1, 0.15) is 18.4 Å². The summed E-state index contributed by atoms with van der Waals surface area (Å²) in [5, 5.41) is 3.30. The van der Waals surface area contributed by atoms with Crippen LogP contribution in [0.3, 0.4) is 0 Å². The molecule has 0 aromatic heterocycles. The maximum Gasteiger partial charge on any atom is 0.387 e. The maximum atomic E-state index is 12.6. The van der Waals surface area contributed by atoms with Gasteiger partial charge in [-0.2, -0.15) is 8.78 Å². The number of nitrogens with one attached hydrogen (secondary N) is 1. The molecule has 1 aromatic carbocycles. The minimum Gasteiger partial charge on any atom is -0.493 e. The first kappa shape index (κ1) is 23.1. The van der Waals surface area contributed by atoms with E-state index in [1.54, 1.807) is 19.2 Å². The second-order valence-electron chi connectivity index (χ2n) is 7.40. The number of hydrogen-bond acceptors (Lipinski definition) is 5. The van der Waals surface area contributed by atoms with Crippen LogP contribution in [0.4, 0.5) is 8.78 Å². The van der Waals surface area contributed by atoms with Crippen molar-refractivity contribution in [1.29, 1.82) is 0 Å². The Hall–Kier alpha value is -2.62. The SMILES string of the molecule is CN=C(NCCc1ccc(OC)c(OC(F)F)c1)N1CCN(C(=O)C2CCCO2)CC1. The van der Waals surface area contributed by atoms with E-state index >= 15 is 0 Å². The van der Waals surface area contributed by atoms with E-state index in [9.17, 15) is 13.6 Å². The average Bonchev–Trinajstić information content (AvgIpc) is 3.31. The zero-order valence-corrected chi connectivity index (χ0v) is 18.0. The molecular weight excluding hydrogens is 410 g/mol. The normalized spacial score (nSPS) is 19.6. The van der Waals surface area contributed by atoms with Gasteiger partial charge in [0.2, 0.25) is 0 Å². The van der Waals surface area contributed by atoms with Gasteiger partial charge in [-0.1, -0.05) is 6.07 Å². The summed E-state index contributed by atoms with van der Waals surface area (Å²) >= 11 is 0. The van der Waals surface area contributed by atoms with Gasteiger partial charge in [-0.25, -0.2) is 0 Å². The molecule has 8 nitrogen and oxygen atoms in total. The Labute approximate surface area is 181 Å². The number of ether oxygens (including phenoxy) is 3. The number of piperazine rings is 1. The standard InChI is InChI=1S/C21H30F2N4O4/c1-24-21(27-11-9-26(10-12-27)19(28)17-4-3-13-30-17)25-8-7-15-5-6-16(29-2)18(14-15)31-20(22)23/h5-6,14,17,20H,3-4,7-13H2,1-2H3,(H,24,25). The highest BCUT2D eigenvalue weighted by Crippen LogP contribution is 2.29. The summed E-state index contributed by atoms with van der Waals surface area (Å²) in [6.07, 6.45) is 2.06. The number of benzene rings is 1. The van der Waals surface area contributed by atoms with E-state index in [0.717, 1.165) is 24.4 Å². The molecule has 2 aliphatic heterocycles. The predicted molar refractivity (Wildman–Crippen MR) is 112 cm³/mol. The monoisotopic (exact) mass is 440 g/mol. The Morgan fingerprint density at radius 3 is 2.61 bits per heavy atom. The largest absolute Gasteiger partial charge is 0.493 e. The molecule has 31 heavy (non-hydrogen) atoms. The number of hydrogen-bond donors (Lipinski definition) is 1. The molecule has 0 radical (unpaired) electrons. The molecule has 0 spiro atoms. The lowest BCUT2D eigenvalue weighted by atomic mass is 10.1. The molecule has 0 bridgehead atoms. The van der Waals surface area contributed by atoms with Crippen LogP contribution < -0.4 is 14.8 Å². The second kappa shape index (κ2) is 11.1. The zero-order chi connectivity index (χ0) is 22.2. The minimum atomic E-state index is -2.91. The lowest BCUT2D eigenvalue weighted by Gasteiger charge is -2.37. The number of halogens is 2. The number of carbonyl (C=O) groups excluding carboxylic acids is 1. The van der Waals surface area contributed by atoms with Crippen LogP contribution in [0.25, 0.3) is 0 Å². The van der Waals surface area contributed by atoms with Gasteiger partial charge in [0.1, 0.15) is 6.10 Å². The second-order valence-corrected chi connectivity index (χ2v) is 7.40. The van der Waals surface area contributed by atoms with Crippen molar-refractivity contribution >= 4 is 11.9 Å². The van der Waals surface area contributed by atoms with Crippen molar-refractivity contribution in [2.75, 3.05) is 53.5 Å². The van der Waals surface area contributed by atoms with E-state index in [1.165, 1.54) is 7.11 Å². The van der Waals surface area contributed by atoms with E-state index in [-0.39, 0.29) is 23.5 Å². The molecule has 2 heterocycles. The van der Waals surface area contributed by atoms with Crippen LogP contribution in [-0.2, 0) is 16.0 Å².